The molecule has 0 radical (unpaired) electrons. The summed E-state index contributed by atoms with van der Waals surface area (Å²) in [7, 11) is 0. The summed E-state index contributed by atoms with van der Waals surface area (Å²) in [6.07, 6.45) is 11.0. The van der Waals surface area contributed by atoms with Crippen molar-refractivity contribution in [1.29, 1.82) is 0 Å². The van der Waals surface area contributed by atoms with Gasteiger partial charge < -0.3 is 5.32 Å². The summed E-state index contributed by atoms with van der Waals surface area (Å²) in [5.74, 6) is 2.80. The van der Waals surface area contributed by atoms with Crippen molar-refractivity contribution in [2.45, 2.75) is 71.3 Å². The molecule has 1 nitrogen and oxygen atoms in total. The lowest BCUT2D eigenvalue weighted by molar-refractivity contribution is 0.170. The van der Waals surface area contributed by atoms with Crippen molar-refractivity contribution in [2.75, 3.05) is 6.54 Å². The maximum Gasteiger partial charge on any atom is 0.00683 e. The Labute approximate surface area is 113 Å². The molecule has 2 saturated carbocycles. The third-order valence-electron chi connectivity index (χ3n) is 5.12. The summed E-state index contributed by atoms with van der Waals surface area (Å²) in [5, 5.41) is 3.75. The first kappa shape index (κ1) is 14.1. The molecule has 3 atom stereocenters. The fourth-order valence-electron chi connectivity index (χ4n) is 3.43. The van der Waals surface area contributed by atoms with E-state index in [1.54, 1.807) is 0 Å². The molecule has 0 aromatic carbocycles. The zero-order valence-corrected chi connectivity index (χ0v) is 12.4. The number of rotatable bonds is 7. The van der Waals surface area contributed by atoms with Crippen molar-refractivity contribution in [3.05, 3.63) is 12.2 Å². The van der Waals surface area contributed by atoms with Crippen LogP contribution in [0.5, 0.6) is 0 Å². The van der Waals surface area contributed by atoms with E-state index in [0.29, 0.717) is 0 Å². The summed E-state index contributed by atoms with van der Waals surface area (Å²) in [6, 6.07) is 0.865. The Bertz CT molecular complexity index is 267. The number of nitrogens with one attached hydrogen (secondary N) is 1. The van der Waals surface area contributed by atoms with E-state index in [1.807, 2.05) is 0 Å². The summed E-state index contributed by atoms with van der Waals surface area (Å²) in [6.45, 7) is 10.1. The lowest BCUT2D eigenvalue weighted by Crippen LogP contribution is -2.34. The Kier molecular flexibility index (Phi) is 5.29. The van der Waals surface area contributed by atoms with Crippen LogP contribution in [0, 0.1) is 17.8 Å². The Morgan fingerprint density at radius 3 is 2.50 bits per heavy atom. The molecule has 0 aromatic heterocycles. The lowest BCUT2D eigenvalue weighted by atomic mass is 9.71. The van der Waals surface area contributed by atoms with Crippen molar-refractivity contribution in [3.8, 4) is 0 Å². The van der Waals surface area contributed by atoms with Gasteiger partial charge in [-0.1, -0.05) is 38.8 Å². The van der Waals surface area contributed by atoms with Crippen LogP contribution in [0.15, 0.2) is 12.2 Å². The molecule has 0 heterocycles. The van der Waals surface area contributed by atoms with E-state index in [1.165, 1.54) is 57.1 Å². The van der Waals surface area contributed by atoms with Crippen molar-refractivity contribution in [2.24, 2.45) is 17.8 Å². The van der Waals surface area contributed by atoms with Crippen LogP contribution < -0.4 is 5.32 Å². The molecular weight excluding hydrogens is 218 g/mol. The van der Waals surface area contributed by atoms with Gasteiger partial charge >= 0.3 is 0 Å². The molecule has 104 valence electrons. The Morgan fingerprint density at radius 2 is 1.89 bits per heavy atom. The van der Waals surface area contributed by atoms with Crippen molar-refractivity contribution in [1.82, 2.24) is 5.32 Å². The minimum atomic E-state index is 0.865. The van der Waals surface area contributed by atoms with Crippen molar-refractivity contribution >= 4 is 0 Å². The van der Waals surface area contributed by atoms with Gasteiger partial charge in [0.05, 0.1) is 0 Å². The second-order valence-corrected chi connectivity index (χ2v) is 6.60. The molecule has 18 heavy (non-hydrogen) atoms. The van der Waals surface area contributed by atoms with Gasteiger partial charge in [0.1, 0.15) is 0 Å². The molecule has 0 bridgehead atoms. The molecule has 1 N–H and O–H groups in total. The van der Waals surface area contributed by atoms with Crippen molar-refractivity contribution < 1.29 is 0 Å². The summed E-state index contributed by atoms with van der Waals surface area (Å²) in [4.78, 5) is 0. The quantitative estimate of drug-likeness (QED) is 0.653. The van der Waals surface area contributed by atoms with E-state index in [0.717, 1.165) is 30.2 Å². The first-order chi connectivity index (χ1) is 8.72. The molecule has 0 amide bonds. The van der Waals surface area contributed by atoms with Crippen molar-refractivity contribution in [3.63, 3.8) is 0 Å². The van der Waals surface area contributed by atoms with Gasteiger partial charge in [-0.25, -0.2) is 0 Å². The predicted molar refractivity (Wildman–Crippen MR) is 79.7 cm³/mol. The Morgan fingerprint density at radius 1 is 1.11 bits per heavy atom. The molecule has 0 saturated heterocycles. The maximum absolute atomic E-state index is 4.24. The SMILES string of the molecule is C=C(CC)CC1CC(CC)CCC1CNC1CC1. The second kappa shape index (κ2) is 6.75. The van der Waals surface area contributed by atoms with Gasteiger partial charge in [-0.2, -0.15) is 0 Å². The minimum Gasteiger partial charge on any atom is -0.314 e. The lowest BCUT2D eigenvalue weighted by Gasteiger charge is -2.36. The molecular formula is C17H31N. The molecule has 0 spiro atoms. The highest BCUT2D eigenvalue weighted by atomic mass is 14.9. The molecule has 2 fully saturated rings. The fraction of sp³-hybridized carbons (Fsp3) is 0.882. The molecule has 2 aliphatic carbocycles. The Balaban J connectivity index is 1.85. The second-order valence-electron chi connectivity index (χ2n) is 6.60. The molecule has 0 aromatic rings. The van der Waals surface area contributed by atoms with E-state index in [9.17, 15) is 0 Å². The van der Waals surface area contributed by atoms with E-state index < -0.39 is 0 Å². The first-order valence-corrected chi connectivity index (χ1v) is 8.12. The summed E-state index contributed by atoms with van der Waals surface area (Å²) < 4.78 is 0. The van der Waals surface area contributed by atoms with E-state index in [4.69, 9.17) is 0 Å². The maximum atomic E-state index is 4.24. The standard InChI is InChI=1S/C17H31N/c1-4-13(3)10-16-11-14(5-2)6-7-15(16)12-18-17-8-9-17/h14-18H,3-12H2,1-2H3. The molecule has 2 rings (SSSR count). The van der Waals surface area contributed by atoms with Crippen LogP contribution in [0.2, 0.25) is 0 Å². The van der Waals surface area contributed by atoms with Crippen LogP contribution in [0.3, 0.4) is 0 Å². The van der Waals surface area contributed by atoms with Crippen LogP contribution in [0.1, 0.15) is 65.2 Å². The third-order valence-corrected chi connectivity index (χ3v) is 5.12. The minimum absolute atomic E-state index is 0.865. The van der Waals surface area contributed by atoms with Crippen LogP contribution in [0.4, 0.5) is 0 Å². The van der Waals surface area contributed by atoms with E-state index in [2.05, 4.69) is 25.7 Å². The molecule has 0 aliphatic heterocycles. The average Bonchev–Trinajstić information content (AvgIpc) is 3.21. The van der Waals surface area contributed by atoms with Crippen LogP contribution >= 0.6 is 0 Å². The number of hydrogen-bond acceptors (Lipinski definition) is 1. The molecule has 1 heteroatoms. The van der Waals surface area contributed by atoms with Gasteiger partial charge in [0.25, 0.3) is 0 Å². The molecule has 3 unspecified atom stereocenters. The van der Waals surface area contributed by atoms with Gasteiger partial charge in [0.15, 0.2) is 0 Å². The average molecular weight is 249 g/mol. The van der Waals surface area contributed by atoms with Crippen LogP contribution in [-0.2, 0) is 0 Å². The predicted octanol–water partition coefficient (Wildman–Crippen LogP) is 4.54. The van der Waals surface area contributed by atoms with E-state index >= 15 is 0 Å². The molecule has 2 aliphatic rings. The zero-order chi connectivity index (χ0) is 13.0. The zero-order valence-electron chi connectivity index (χ0n) is 12.4. The van der Waals surface area contributed by atoms with Gasteiger partial charge in [-0.05, 0) is 62.8 Å². The largest absolute Gasteiger partial charge is 0.314 e. The fourth-order valence-corrected chi connectivity index (χ4v) is 3.43. The number of hydrogen-bond donors (Lipinski definition) is 1. The van der Waals surface area contributed by atoms with Crippen LogP contribution in [-0.4, -0.2) is 12.6 Å². The highest BCUT2D eigenvalue weighted by Gasteiger charge is 2.31. The van der Waals surface area contributed by atoms with Gasteiger partial charge in [0.2, 0.25) is 0 Å². The summed E-state index contributed by atoms with van der Waals surface area (Å²) >= 11 is 0. The third kappa shape index (κ3) is 4.12. The Hall–Kier alpha value is -0.300. The normalized spacial score (nSPS) is 32.4. The van der Waals surface area contributed by atoms with Gasteiger partial charge in [0, 0.05) is 6.04 Å². The van der Waals surface area contributed by atoms with Gasteiger partial charge in [-0.15, -0.1) is 0 Å². The number of allylic oxidation sites excluding steroid dienone is 1. The van der Waals surface area contributed by atoms with Gasteiger partial charge in [-0.3, -0.25) is 0 Å². The van der Waals surface area contributed by atoms with E-state index in [-0.39, 0.29) is 0 Å². The first-order valence-electron chi connectivity index (χ1n) is 8.12. The topological polar surface area (TPSA) is 12.0 Å². The highest BCUT2D eigenvalue weighted by Crippen LogP contribution is 2.39. The van der Waals surface area contributed by atoms with Crippen LogP contribution in [0.25, 0.3) is 0 Å². The summed E-state index contributed by atoms with van der Waals surface area (Å²) in [5.41, 5.74) is 1.47. The highest BCUT2D eigenvalue weighted by molar-refractivity contribution is 4.98. The monoisotopic (exact) mass is 249 g/mol. The smallest absolute Gasteiger partial charge is 0.00683 e.